The van der Waals surface area contributed by atoms with Gasteiger partial charge in [0.25, 0.3) is 0 Å². The first-order chi connectivity index (χ1) is 8.99. The summed E-state index contributed by atoms with van der Waals surface area (Å²) in [6, 6.07) is 6.86. The van der Waals surface area contributed by atoms with Gasteiger partial charge in [0.2, 0.25) is 0 Å². The van der Waals surface area contributed by atoms with Crippen LogP contribution in [0.3, 0.4) is 0 Å². The molecule has 1 rings (SSSR count). The SMILES string of the molecule is Cc1ccc([C@@H](O)CNC(=O)NCCC(=O)O)cc1. The second-order valence-electron chi connectivity index (χ2n) is 4.21. The van der Waals surface area contributed by atoms with Crippen LogP contribution in [0.25, 0.3) is 0 Å². The van der Waals surface area contributed by atoms with Gasteiger partial charge in [-0.05, 0) is 12.5 Å². The van der Waals surface area contributed by atoms with Crippen LogP contribution in [0.2, 0.25) is 0 Å². The lowest BCUT2D eigenvalue weighted by Gasteiger charge is -2.13. The van der Waals surface area contributed by atoms with Gasteiger partial charge >= 0.3 is 12.0 Å². The van der Waals surface area contributed by atoms with E-state index in [1.54, 1.807) is 12.1 Å². The smallest absolute Gasteiger partial charge is 0.314 e. The predicted molar refractivity (Wildman–Crippen MR) is 69.8 cm³/mol. The van der Waals surface area contributed by atoms with Gasteiger partial charge in [0, 0.05) is 13.1 Å². The molecule has 0 aromatic heterocycles. The molecule has 4 N–H and O–H groups in total. The Morgan fingerprint density at radius 3 is 2.42 bits per heavy atom. The minimum atomic E-state index is -0.972. The summed E-state index contributed by atoms with van der Waals surface area (Å²) in [4.78, 5) is 21.5. The van der Waals surface area contributed by atoms with Gasteiger partial charge in [-0.3, -0.25) is 4.79 Å². The lowest BCUT2D eigenvalue weighted by atomic mass is 10.1. The molecule has 6 nitrogen and oxygen atoms in total. The molecule has 6 heteroatoms. The van der Waals surface area contributed by atoms with Gasteiger partial charge < -0.3 is 20.8 Å². The van der Waals surface area contributed by atoms with Crippen LogP contribution in [0.1, 0.15) is 23.7 Å². The molecular formula is C13H18N2O4. The third-order valence-electron chi connectivity index (χ3n) is 2.54. The molecule has 0 unspecified atom stereocenters. The summed E-state index contributed by atoms with van der Waals surface area (Å²) in [7, 11) is 0. The first kappa shape index (κ1) is 15.0. The molecule has 1 aromatic carbocycles. The monoisotopic (exact) mass is 266 g/mol. The number of aliphatic hydroxyl groups excluding tert-OH is 1. The summed E-state index contributed by atoms with van der Waals surface area (Å²) in [6.45, 7) is 2.08. The van der Waals surface area contributed by atoms with E-state index in [1.165, 1.54) is 0 Å². The van der Waals surface area contributed by atoms with Gasteiger partial charge in [0.05, 0.1) is 12.5 Å². The molecule has 0 spiro atoms. The number of urea groups is 1. The average molecular weight is 266 g/mol. The number of benzene rings is 1. The first-order valence-electron chi connectivity index (χ1n) is 5.97. The minimum Gasteiger partial charge on any atom is -0.481 e. The van der Waals surface area contributed by atoms with Gasteiger partial charge in [-0.2, -0.15) is 0 Å². The topological polar surface area (TPSA) is 98.7 Å². The minimum absolute atomic E-state index is 0.0573. The van der Waals surface area contributed by atoms with Gasteiger partial charge in [0.1, 0.15) is 0 Å². The number of carboxylic acid groups (broad SMARTS) is 1. The van der Waals surface area contributed by atoms with Gasteiger partial charge in [-0.1, -0.05) is 29.8 Å². The quantitative estimate of drug-likeness (QED) is 0.612. The summed E-state index contributed by atoms with van der Waals surface area (Å²) in [5.74, 6) is -0.972. The molecule has 0 heterocycles. The maximum Gasteiger partial charge on any atom is 0.314 e. The van der Waals surface area contributed by atoms with Crippen molar-refractivity contribution in [2.75, 3.05) is 13.1 Å². The lowest BCUT2D eigenvalue weighted by molar-refractivity contribution is -0.136. The molecule has 0 saturated carbocycles. The number of hydrogen-bond acceptors (Lipinski definition) is 3. The van der Waals surface area contributed by atoms with Crippen molar-refractivity contribution in [1.82, 2.24) is 10.6 Å². The van der Waals surface area contributed by atoms with Crippen LogP contribution in [-0.4, -0.2) is 35.3 Å². The van der Waals surface area contributed by atoms with E-state index in [4.69, 9.17) is 5.11 Å². The van der Waals surface area contributed by atoms with E-state index >= 15 is 0 Å². The van der Waals surface area contributed by atoms with Crippen LogP contribution in [0.5, 0.6) is 0 Å². The fourth-order valence-electron chi connectivity index (χ4n) is 1.44. The van der Waals surface area contributed by atoms with Crippen LogP contribution in [0, 0.1) is 6.92 Å². The Balaban J connectivity index is 2.29. The van der Waals surface area contributed by atoms with Crippen LogP contribution in [-0.2, 0) is 4.79 Å². The third kappa shape index (κ3) is 5.87. The zero-order chi connectivity index (χ0) is 14.3. The van der Waals surface area contributed by atoms with E-state index in [-0.39, 0.29) is 19.5 Å². The van der Waals surface area contributed by atoms with Crippen molar-refractivity contribution in [1.29, 1.82) is 0 Å². The average Bonchev–Trinajstić information content (AvgIpc) is 2.36. The van der Waals surface area contributed by atoms with Crippen molar-refractivity contribution < 1.29 is 19.8 Å². The molecule has 0 bridgehead atoms. The Hall–Kier alpha value is -2.08. The molecule has 1 aromatic rings. The molecule has 2 amide bonds. The van der Waals surface area contributed by atoms with Crippen LogP contribution in [0.4, 0.5) is 4.79 Å². The molecule has 0 fully saturated rings. The molecule has 0 aliphatic heterocycles. The number of carboxylic acids is 1. The fraction of sp³-hybridized carbons (Fsp3) is 0.385. The highest BCUT2D eigenvalue weighted by Gasteiger charge is 2.09. The predicted octanol–water partition coefficient (Wildman–Crippen LogP) is 0.802. The molecule has 104 valence electrons. The van der Waals surface area contributed by atoms with E-state index in [1.807, 2.05) is 19.1 Å². The van der Waals surface area contributed by atoms with E-state index in [0.29, 0.717) is 0 Å². The third-order valence-corrected chi connectivity index (χ3v) is 2.54. The summed E-state index contributed by atoms with van der Waals surface area (Å²) in [5.41, 5.74) is 1.81. The Bertz CT molecular complexity index is 431. The molecule has 19 heavy (non-hydrogen) atoms. The summed E-state index contributed by atoms with van der Waals surface area (Å²) in [5, 5.41) is 23.1. The zero-order valence-corrected chi connectivity index (χ0v) is 10.7. The van der Waals surface area contributed by atoms with Crippen molar-refractivity contribution >= 4 is 12.0 Å². The number of aryl methyl sites for hydroxylation is 1. The van der Waals surface area contributed by atoms with E-state index in [0.717, 1.165) is 11.1 Å². The molecule has 0 radical (unpaired) electrons. The number of carbonyl (C=O) groups excluding carboxylic acids is 1. The number of amides is 2. The van der Waals surface area contributed by atoms with Crippen molar-refractivity contribution in [2.45, 2.75) is 19.4 Å². The van der Waals surface area contributed by atoms with E-state index in [9.17, 15) is 14.7 Å². The molecule has 0 saturated heterocycles. The number of nitrogens with one attached hydrogen (secondary N) is 2. The molecular weight excluding hydrogens is 248 g/mol. The van der Waals surface area contributed by atoms with Crippen LogP contribution < -0.4 is 10.6 Å². The summed E-state index contributed by atoms with van der Waals surface area (Å²) < 4.78 is 0. The highest BCUT2D eigenvalue weighted by molar-refractivity contribution is 5.75. The van der Waals surface area contributed by atoms with Gasteiger partial charge in [-0.25, -0.2) is 4.79 Å². The van der Waals surface area contributed by atoms with Crippen LogP contribution in [0.15, 0.2) is 24.3 Å². The Morgan fingerprint density at radius 1 is 1.21 bits per heavy atom. The standard InChI is InChI=1S/C13H18N2O4/c1-9-2-4-10(5-3-9)11(16)8-15-13(19)14-7-6-12(17)18/h2-5,11,16H,6-8H2,1H3,(H,17,18)(H2,14,15,19)/t11-/m0/s1. The number of aliphatic carboxylic acids is 1. The highest BCUT2D eigenvalue weighted by atomic mass is 16.4. The van der Waals surface area contributed by atoms with E-state index in [2.05, 4.69) is 10.6 Å². The zero-order valence-electron chi connectivity index (χ0n) is 10.7. The van der Waals surface area contributed by atoms with Crippen molar-refractivity contribution in [3.8, 4) is 0 Å². The number of aliphatic hydroxyl groups is 1. The van der Waals surface area contributed by atoms with E-state index < -0.39 is 18.1 Å². The lowest BCUT2D eigenvalue weighted by Crippen LogP contribution is -2.38. The summed E-state index contributed by atoms with van der Waals surface area (Å²) >= 11 is 0. The fourth-order valence-corrected chi connectivity index (χ4v) is 1.44. The molecule has 0 aliphatic rings. The first-order valence-corrected chi connectivity index (χ1v) is 5.97. The number of hydrogen-bond donors (Lipinski definition) is 4. The number of carbonyl (C=O) groups is 2. The van der Waals surface area contributed by atoms with Crippen LogP contribution >= 0.6 is 0 Å². The molecule has 0 aliphatic carbocycles. The van der Waals surface area contributed by atoms with Crippen molar-refractivity contribution in [3.05, 3.63) is 35.4 Å². The maximum atomic E-state index is 11.3. The largest absolute Gasteiger partial charge is 0.481 e. The number of rotatable bonds is 6. The molecule has 1 atom stereocenters. The Morgan fingerprint density at radius 2 is 1.84 bits per heavy atom. The normalized spacial score (nSPS) is 11.7. The van der Waals surface area contributed by atoms with Crippen molar-refractivity contribution in [2.24, 2.45) is 0 Å². The second-order valence-corrected chi connectivity index (χ2v) is 4.21. The Kier molecular flexibility index (Phi) is 5.81. The maximum absolute atomic E-state index is 11.3. The summed E-state index contributed by atoms with van der Waals surface area (Å²) in [6.07, 6.45) is -0.917. The second kappa shape index (κ2) is 7.38. The highest BCUT2D eigenvalue weighted by Crippen LogP contribution is 2.12. The van der Waals surface area contributed by atoms with Gasteiger partial charge in [0.15, 0.2) is 0 Å². The van der Waals surface area contributed by atoms with Gasteiger partial charge in [-0.15, -0.1) is 0 Å². The Labute approximate surface area is 111 Å². The van der Waals surface area contributed by atoms with Crippen molar-refractivity contribution in [3.63, 3.8) is 0 Å².